The summed E-state index contributed by atoms with van der Waals surface area (Å²) in [5.41, 5.74) is 0.970. The third-order valence-corrected chi connectivity index (χ3v) is 3.73. The Morgan fingerprint density at radius 2 is 2.18 bits per heavy atom. The molecule has 1 heterocycles. The molecule has 1 aliphatic rings. The van der Waals surface area contributed by atoms with Gasteiger partial charge in [-0.25, -0.2) is 4.39 Å². The summed E-state index contributed by atoms with van der Waals surface area (Å²) in [5, 5.41) is 3.00. The lowest BCUT2D eigenvalue weighted by Gasteiger charge is -2.31. The van der Waals surface area contributed by atoms with Gasteiger partial charge in [-0.2, -0.15) is 0 Å². The van der Waals surface area contributed by atoms with Crippen molar-refractivity contribution in [3.63, 3.8) is 0 Å². The Bertz CT molecular complexity index is 481. The fourth-order valence-corrected chi connectivity index (χ4v) is 2.56. The molecule has 5 nitrogen and oxygen atoms in total. The van der Waals surface area contributed by atoms with E-state index in [4.69, 9.17) is 9.47 Å². The molecule has 0 unspecified atom stereocenters. The van der Waals surface area contributed by atoms with E-state index in [1.54, 1.807) is 19.2 Å². The van der Waals surface area contributed by atoms with Crippen molar-refractivity contribution in [3.8, 4) is 0 Å². The molecule has 0 spiro atoms. The number of rotatable bonds is 6. The number of benzene rings is 1. The standard InChI is InChI=1S/C16H23FN2O3/c1-19(9-12-3-5-13(17)6-4-12)10-16(20)18-14-7-8-22-11-15(14)21-2/h3-6,14-15H,7-11H2,1-2H3,(H,18,20)/t14-,15-/m1/s1. The predicted octanol–water partition coefficient (Wildman–Crippen LogP) is 1.18. The molecule has 1 aromatic carbocycles. The minimum absolute atomic E-state index is 0.00882. The smallest absolute Gasteiger partial charge is 0.234 e. The minimum Gasteiger partial charge on any atom is -0.379 e. The Morgan fingerprint density at radius 3 is 2.86 bits per heavy atom. The van der Waals surface area contributed by atoms with Crippen LogP contribution in [0.5, 0.6) is 0 Å². The van der Waals surface area contributed by atoms with Gasteiger partial charge in [0.25, 0.3) is 0 Å². The van der Waals surface area contributed by atoms with Crippen LogP contribution in [-0.4, -0.2) is 56.9 Å². The van der Waals surface area contributed by atoms with Crippen molar-refractivity contribution in [3.05, 3.63) is 35.6 Å². The van der Waals surface area contributed by atoms with Crippen LogP contribution in [-0.2, 0) is 20.8 Å². The molecular weight excluding hydrogens is 287 g/mol. The van der Waals surface area contributed by atoms with Gasteiger partial charge in [-0.05, 0) is 31.2 Å². The van der Waals surface area contributed by atoms with Crippen LogP contribution in [0.2, 0.25) is 0 Å². The predicted molar refractivity (Wildman–Crippen MR) is 80.9 cm³/mol. The van der Waals surface area contributed by atoms with Gasteiger partial charge in [-0.1, -0.05) is 12.1 Å². The number of methoxy groups -OCH3 is 1. The highest BCUT2D eigenvalue weighted by atomic mass is 19.1. The Morgan fingerprint density at radius 1 is 1.45 bits per heavy atom. The Balaban J connectivity index is 1.79. The molecule has 6 heteroatoms. The monoisotopic (exact) mass is 310 g/mol. The van der Waals surface area contributed by atoms with Gasteiger partial charge in [0, 0.05) is 20.3 Å². The van der Waals surface area contributed by atoms with Crippen LogP contribution in [0.1, 0.15) is 12.0 Å². The molecule has 2 rings (SSSR count). The molecule has 0 bridgehead atoms. The molecule has 0 saturated carbocycles. The summed E-state index contributed by atoms with van der Waals surface area (Å²) in [6.07, 6.45) is 0.659. The Hall–Kier alpha value is -1.50. The second-order valence-corrected chi connectivity index (χ2v) is 5.61. The van der Waals surface area contributed by atoms with E-state index in [0.717, 1.165) is 12.0 Å². The highest BCUT2D eigenvalue weighted by molar-refractivity contribution is 5.78. The minimum atomic E-state index is -0.255. The molecule has 1 saturated heterocycles. The van der Waals surface area contributed by atoms with Gasteiger partial charge in [-0.3, -0.25) is 9.69 Å². The van der Waals surface area contributed by atoms with Crippen LogP contribution in [0.15, 0.2) is 24.3 Å². The summed E-state index contributed by atoms with van der Waals surface area (Å²) >= 11 is 0. The van der Waals surface area contributed by atoms with Crippen LogP contribution in [0, 0.1) is 5.82 Å². The van der Waals surface area contributed by atoms with Gasteiger partial charge >= 0.3 is 0 Å². The Labute approximate surface area is 130 Å². The first-order valence-corrected chi connectivity index (χ1v) is 7.41. The maximum Gasteiger partial charge on any atom is 0.234 e. The number of nitrogens with one attached hydrogen (secondary N) is 1. The van der Waals surface area contributed by atoms with Gasteiger partial charge in [0.15, 0.2) is 0 Å². The molecule has 0 radical (unpaired) electrons. The summed E-state index contributed by atoms with van der Waals surface area (Å²) in [6.45, 7) is 2.02. The second kappa shape index (κ2) is 8.22. The summed E-state index contributed by atoms with van der Waals surface area (Å²) in [4.78, 5) is 14.0. The molecule has 1 N–H and O–H groups in total. The van der Waals surface area contributed by atoms with Crippen LogP contribution in [0.25, 0.3) is 0 Å². The highest BCUT2D eigenvalue weighted by Gasteiger charge is 2.27. The molecule has 122 valence electrons. The summed E-state index contributed by atoms with van der Waals surface area (Å²) in [7, 11) is 3.49. The molecule has 1 aromatic rings. The molecule has 1 amide bonds. The lowest BCUT2D eigenvalue weighted by molar-refractivity contribution is -0.126. The zero-order chi connectivity index (χ0) is 15.9. The van der Waals surface area contributed by atoms with E-state index in [1.807, 2.05) is 11.9 Å². The molecule has 0 aromatic heterocycles. The van der Waals surface area contributed by atoms with Gasteiger partial charge in [0.05, 0.1) is 19.2 Å². The fraction of sp³-hybridized carbons (Fsp3) is 0.562. The number of likely N-dealkylation sites (N-methyl/N-ethyl adjacent to an activating group) is 1. The SMILES string of the molecule is CO[C@@H]1COCC[C@H]1NC(=O)CN(C)Cc1ccc(F)cc1. The maximum absolute atomic E-state index is 12.9. The summed E-state index contributed by atoms with van der Waals surface area (Å²) in [5.74, 6) is -0.298. The van der Waals surface area contributed by atoms with E-state index in [9.17, 15) is 9.18 Å². The van der Waals surface area contributed by atoms with Crippen molar-refractivity contribution in [2.45, 2.75) is 25.1 Å². The van der Waals surface area contributed by atoms with Crippen LogP contribution in [0.3, 0.4) is 0 Å². The number of hydrogen-bond donors (Lipinski definition) is 1. The quantitative estimate of drug-likeness (QED) is 0.857. The zero-order valence-corrected chi connectivity index (χ0v) is 13.0. The van der Waals surface area contributed by atoms with Crippen molar-refractivity contribution < 1.29 is 18.7 Å². The lowest BCUT2D eigenvalue weighted by Crippen LogP contribution is -2.51. The normalized spacial score (nSPS) is 21.8. The molecule has 0 aliphatic carbocycles. The van der Waals surface area contributed by atoms with Gasteiger partial charge in [-0.15, -0.1) is 0 Å². The first-order chi connectivity index (χ1) is 10.6. The van der Waals surface area contributed by atoms with E-state index in [-0.39, 0.29) is 30.4 Å². The number of halogens is 1. The van der Waals surface area contributed by atoms with E-state index in [0.29, 0.717) is 19.8 Å². The van der Waals surface area contributed by atoms with Crippen LogP contribution in [0.4, 0.5) is 4.39 Å². The van der Waals surface area contributed by atoms with Gasteiger partial charge < -0.3 is 14.8 Å². The Kier molecular flexibility index (Phi) is 6.30. The van der Waals surface area contributed by atoms with Crippen molar-refractivity contribution in [1.82, 2.24) is 10.2 Å². The number of hydrogen-bond acceptors (Lipinski definition) is 4. The van der Waals surface area contributed by atoms with Gasteiger partial charge in [0.2, 0.25) is 5.91 Å². The van der Waals surface area contributed by atoms with Crippen LogP contribution >= 0.6 is 0 Å². The second-order valence-electron chi connectivity index (χ2n) is 5.61. The number of nitrogens with zero attached hydrogens (tertiary/aromatic N) is 1. The summed E-state index contributed by atoms with van der Waals surface area (Å²) in [6, 6.07) is 6.29. The van der Waals surface area contributed by atoms with Crippen molar-refractivity contribution in [1.29, 1.82) is 0 Å². The number of carbonyl (C=O) groups excluding carboxylic acids is 1. The summed E-state index contributed by atoms with van der Waals surface area (Å²) < 4.78 is 23.5. The van der Waals surface area contributed by atoms with Crippen LogP contribution < -0.4 is 5.32 Å². The molecule has 1 fully saturated rings. The molecule has 22 heavy (non-hydrogen) atoms. The number of carbonyl (C=O) groups is 1. The molecular formula is C16H23FN2O3. The van der Waals surface area contributed by atoms with E-state index < -0.39 is 0 Å². The van der Waals surface area contributed by atoms with E-state index in [1.165, 1.54) is 12.1 Å². The first kappa shape index (κ1) is 16.9. The number of ether oxygens (including phenoxy) is 2. The average molecular weight is 310 g/mol. The van der Waals surface area contributed by atoms with Crippen molar-refractivity contribution in [2.24, 2.45) is 0 Å². The number of amides is 1. The zero-order valence-electron chi connectivity index (χ0n) is 13.0. The third kappa shape index (κ3) is 5.05. The van der Waals surface area contributed by atoms with Gasteiger partial charge in [0.1, 0.15) is 11.9 Å². The molecule has 2 atom stereocenters. The molecule has 1 aliphatic heterocycles. The van der Waals surface area contributed by atoms with E-state index in [2.05, 4.69) is 5.32 Å². The average Bonchev–Trinajstić information content (AvgIpc) is 2.50. The van der Waals surface area contributed by atoms with E-state index >= 15 is 0 Å². The largest absolute Gasteiger partial charge is 0.379 e. The van der Waals surface area contributed by atoms with Crippen molar-refractivity contribution in [2.75, 3.05) is 33.9 Å². The third-order valence-electron chi connectivity index (χ3n) is 3.73. The lowest BCUT2D eigenvalue weighted by atomic mass is 10.1. The topological polar surface area (TPSA) is 50.8 Å². The fourth-order valence-electron chi connectivity index (χ4n) is 2.56. The van der Waals surface area contributed by atoms with Crippen molar-refractivity contribution >= 4 is 5.91 Å². The maximum atomic E-state index is 12.9. The highest BCUT2D eigenvalue weighted by Crippen LogP contribution is 2.11. The first-order valence-electron chi connectivity index (χ1n) is 7.41.